The fourth-order valence-electron chi connectivity index (χ4n) is 2.63. The number of amides is 2. The number of hydrogen-bond acceptors (Lipinski definition) is 5. The molecule has 0 spiro atoms. The molecule has 0 aliphatic heterocycles. The first-order valence-electron chi connectivity index (χ1n) is 9.55. The van der Waals surface area contributed by atoms with E-state index in [2.05, 4.69) is 63.6 Å². The van der Waals surface area contributed by atoms with Gasteiger partial charge in [-0.2, -0.15) is 5.10 Å². The van der Waals surface area contributed by atoms with Crippen LogP contribution in [0.5, 0.6) is 5.75 Å². The molecule has 2 N–H and O–H groups in total. The van der Waals surface area contributed by atoms with Crippen molar-refractivity contribution in [2.45, 2.75) is 0 Å². The molecule has 0 atom stereocenters. The maximum atomic E-state index is 12.6. The van der Waals surface area contributed by atoms with Crippen molar-refractivity contribution in [1.82, 2.24) is 10.7 Å². The van der Waals surface area contributed by atoms with Crippen molar-refractivity contribution >= 4 is 83.4 Å². The van der Waals surface area contributed by atoms with E-state index in [4.69, 9.17) is 16.3 Å². The zero-order valence-electron chi connectivity index (χ0n) is 17.2. The lowest BCUT2D eigenvalue weighted by Gasteiger charge is -2.11. The maximum Gasteiger partial charge on any atom is 0.343 e. The van der Waals surface area contributed by atoms with Crippen LogP contribution in [0.1, 0.15) is 26.3 Å². The minimum atomic E-state index is -0.562. The Balaban J connectivity index is 1.64. The summed E-state index contributed by atoms with van der Waals surface area (Å²) in [4.78, 5) is 36.7. The van der Waals surface area contributed by atoms with Crippen molar-refractivity contribution in [1.29, 1.82) is 0 Å². The molecule has 34 heavy (non-hydrogen) atoms. The van der Waals surface area contributed by atoms with Crippen molar-refractivity contribution in [3.8, 4) is 5.75 Å². The predicted octanol–water partition coefficient (Wildman–Crippen LogP) is 5.73. The summed E-state index contributed by atoms with van der Waals surface area (Å²) in [5, 5.41) is 6.90. The molecule has 0 unspecified atom stereocenters. The minimum absolute atomic E-state index is 0.224. The highest BCUT2D eigenvalue weighted by Crippen LogP contribution is 2.32. The maximum absolute atomic E-state index is 12.6. The number of hydrazone groups is 1. The van der Waals surface area contributed by atoms with Gasteiger partial charge in [0.2, 0.25) is 0 Å². The molecule has 0 heterocycles. The Morgan fingerprint density at radius 3 is 2.38 bits per heavy atom. The van der Waals surface area contributed by atoms with Crippen molar-refractivity contribution in [2.75, 3.05) is 6.54 Å². The molecule has 11 heteroatoms. The first kappa shape index (κ1) is 26.1. The number of benzene rings is 3. The van der Waals surface area contributed by atoms with Crippen LogP contribution in [0.4, 0.5) is 0 Å². The molecule has 0 fully saturated rings. The highest BCUT2D eigenvalue weighted by atomic mass is 79.9. The third-order valence-electron chi connectivity index (χ3n) is 4.20. The molecule has 0 aromatic heterocycles. The summed E-state index contributed by atoms with van der Waals surface area (Å²) in [7, 11) is 0. The molecule has 0 bridgehead atoms. The highest BCUT2D eigenvalue weighted by Gasteiger charge is 2.16. The molecular weight excluding hydrogens is 657 g/mol. The number of carbonyl (C=O) groups is 3. The van der Waals surface area contributed by atoms with Crippen LogP contribution in [0.15, 0.2) is 79.2 Å². The number of nitrogens with zero attached hydrogens (tertiary/aromatic N) is 1. The molecule has 7 nitrogen and oxygen atoms in total. The molecule has 3 rings (SSSR count). The topological polar surface area (TPSA) is 96.9 Å². The Hall–Kier alpha value is -2.53. The summed E-state index contributed by atoms with van der Waals surface area (Å²) in [6.07, 6.45) is 1.33. The molecule has 0 radical (unpaired) electrons. The summed E-state index contributed by atoms with van der Waals surface area (Å²) < 4.78 is 7.52. The first-order valence-corrected chi connectivity index (χ1v) is 12.3. The van der Waals surface area contributed by atoms with E-state index in [9.17, 15) is 14.4 Å². The number of nitrogens with one attached hydrogen (secondary N) is 2. The van der Waals surface area contributed by atoms with E-state index >= 15 is 0 Å². The highest BCUT2D eigenvalue weighted by molar-refractivity contribution is 9.11. The summed E-state index contributed by atoms with van der Waals surface area (Å²) >= 11 is 15.9. The standard InChI is InChI=1S/C23H15Br3ClN3O4/c24-16-3-1-2-14(8-16)23(33)34-21-15(9-17(25)10-19(21)26)11-29-30-20(31)12-28-22(32)13-4-6-18(27)7-5-13/h1-11H,12H2,(H,28,32)(H,30,31)/b29-11+. The zero-order chi connectivity index (χ0) is 24.7. The molecule has 2 amide bonds. The van der Waals surface area contributed by atoms with Crippen molar-refractivity contribution in [2.24, 2.45) is 5.10 Å². The van der Waals surface area contributed by atoms with Gasteiger partial charge in [0, 0.05) is 25.1 Å². The van der Waals surface area contributed by atoms with E-state index in [0.29, 0.717) is 30.7 Å². The normalized spacial score (nSPS) is 10.7. The third-order valence-corrected chi connectivity index (χ3v) is 5.99. The number of carbonyl (C=O) groups excluding carboxylic acids is 3. The second kappa shape index (κ2) is 12.3. The van der Waals surface area contributed by atoms with E-state index in [1.807, 2.05) is 0 Å². The van der Waals surface area contributed by atoms with Gasteiger partial charge in [-0.1, -0.05) is 49.5 Å². The van der Waals surface area contributed by atoms with Gasteiger partial charge in [0.1, 0.15) is 0 Å². The molecule has 0 aliphatic carbocycles. The van der Waals surface area contributed by atoms with Gasteiger partial charge < -0.3 is 10.1 Å². The van der Waals surface area contributed by atoms with Crippen LogP contribution in [0.2, 0.25) is 5.02 Å². The lowest BCUT2D eigenvalue weighted by atomic mass is 10.2. The van der Waals surface area contributed by atoms with Crippen LogP contribution in [-0.2, 0) is 4.79 Å². The quantitative estimate of drug-likeness (QED) is 0.145. The second-order valence-corrected chi connectivity index (χ2v) is 9.81. The van der Waals surface area contributed by atoms with Crippen molar-refractivity contribution in [3.05, 3.63) is 95.8 Å². The smallest absolute Gasteiger partial charge is 0.343 e. The van der Waals surface area contributed by atoms with Crippen LogP contribution in [0.3, 0.4) is 0 Å². The summed E-state index contributed by atoms with van der Waals surface area (Å²) in [5.74, 6) is -1.30. The van der Waals surface area contributed by atoms with E-state index in [-0.39, 0.29) is 12.3 Å². The number of esters is 1. The van der Waals surface area contributed by atoms with Gasteiger partial charge in [0.25, 0.3) is 11.8 Å². The van der Waals surface area contributed by atoms with Gasteiger partial charge in [0.15, 0.2) is 5.75 Å². The molecule has 0 saturated carbocycles. The van der Waals surface area contributed by atoms with Crippen LogP contribution in [0.25, 0.3) is 0 Å². The number of ether oxygens (including phenoxy) is 1. The van der Waals surface area contributed by atoms with E-state index in [1.165, 1.54) is 6.21 Å². The van der Waals surface area contributed by atoms with Gasteiger partial charge in [-0.05, 0) is 70.5 Å². The van der Waals surface area contributed by atoms with E-state index < -0.39 is 17.8 Å². The van der Waals surface area contributed by atoms with Crippen molar-refractivity contribution < 1.29 is 19.1 Å². The number of rotatable bonds is 7. The van der Waals surface area contributed by atoms with Gasteiger partial charge in [-0.15, -0.1) is 0 Å². The summed E-state index contributed by atoms with van der Waals surface area (Å²) in [6.45, 7) is -0.286. The molecule has 0 aliphatic rings. The van der Waals surface area contributed by atoms with Crippen LogP contribution in [-0.4, -0.2) is 30.5 Å². The second-order valence-electron chi connectivity index (χ2n) is 6.69. The molecule has 3 aromatic rings. The first-order chi connectivity index (χ1) is 16.2. The predicted molar refractivity (Wildman–Crippen MR) is 140 cm³/mol. The Labute approximate surface area is 225 Å². The van der Waals surface area contributed by atoms with E-state index in [1.54, 1.807) is 60.7 Å². The van der Waals surface area contributed by atoms with Gasteiger partial charge >= 0.3 is 5.97 Å². The van der Waals surface area contributed by atoms with Crippen LogP contribution >= 0.6 is 59.4 Å². The van der Waals surface area contributed by atoms with Gasteiger partial charge in [0.05, 0.1) is 22.8 Å². The lowest BCUT2D eigenvalue weighted by Crippen LogP contribution is -2.34. The largest absolute Gasteiger partial charge is 0.421 e. The van der Waals surface area contributed by atoms with Crippen LogP contribution in [0, 0.1) is 0 Å². The molecule has 3 aromatic carbocycles. The van der Waals surface area contributed by atoms with Gasteiger partial charge in [-0.25, -0.2) is 10.2 Å². The number of halogens is 4. The Morgan fingerprint density at radius 1 is 0.941 bits per heavy atom. The molecular formula is C23H15Br3ClN3O4. The molecule has 174 valence electrons. The molecule has 0 saturated heterocycles. The average molecular weight is 673 g/mol. The zero-order valence-corrected chi connectivity index (χ0v) is 22.7. The minimum Gasteiger partial charge on any atom is -0.421 e. The van der Waals surface area contributed by atoms with Crippen molar-refractivity contribution in [3.63, 3.8) is 0 Å². The Bertz CT molecular complexity index is 1270. The monoisotopic (exact) mass is 669 g/mol. The Morgan fingerprint density at radius 2 is 1.68 bits per heavy atom. The third kappa shape index (κ3) is 7.49. The summed E-state index contributed by atoms with van der Waals surface area (Å²) in [5.41, 5.74) is 3.48. The average Bonchev–Trinajstić information content (AvgIpc) is 2.80. The lowest BCUT2D eigenvalue weighted by molar-refractivity contribution is -0.120. The fourth-order valence-corrected chi connectivity index (χ4v) is 4.49. The fraction of sp³-hybridized carbons (Fsp3) is 0.0435. The SMILES string of the molecule is O=C(CNC(=O)c1ccc(Cl)cc1)N/N=C/c1cc(Br)cc(Br)c1OC(=O)c1cccc(Br)c1. The summed E-state index contributed by atoms with van der Waals surface area (Å²) in [6, 6.07) is 16.4. The Kier molecular flexibility index (Phi) is 9.40. The van der Waals surface area contributed by atoms with Crippen LogP contribution < -0.4 is 15.5 Å². The van der Waals surface area contributed by atoms with E-state index in [0.717, 1.165) is 4.47 Å². The van der Waals surface area contributed by atoms with Gasteiger partial charge in [-0.3, -0.25) is 9.59 Å². The number of hydrogen-bond donors (Lipinski definition) is 2.